The Hall–Kier alpha value is -2.18. The molecule has 1 saturated heterocycles. The molecule has 1 aliphatic heterocycles. The van der Waals surface area contributed by atoms with E-state index in [1.165, 1.54) is 46.4 Å². The van der Waals surface area contributed by atoms with E-state index in [1.54, 1.807) is 11.3 Å². The molecule has 7 heteroatoms. The monoisotopic (exact) mass is 469 g/mol. The first-order valence-electron chi connectivity index (χ1n) is 11.6. The van der Waals surface area contributed by atoms with Crippen molar-refractivity contribution in [2.24, 2.45) is 5.92 Å². The lowest BCUT2D eigenvalue weighted by molar-refractivity contribution is -0.148. The van der Waals surface area contributed by atoms with Gasteiger partial charge in [0.1, 0.15) is 10.6 Å². The molecule has 1 unspecified atom stereocenters. The van der Waals surface area contributed by atoms with E-state index in [0.717, 1.165) is 41.8 Å². The molecule has 168 valence electrons. The zero-order chi connectivity index (χ0) is 22.2. The molecule has 1 atom stereocenters. The highest BCUT2D eigenvalue weighted by molar-refractivity contribution is 7.19. The molecule has 5 rings (SSSR count). The Labute approximate surface area is 197 Å². The fraction of sp³-hybridized carbons (Fsp3) is 0.480. The number of piperidine rings is 1. The number of aryl methyl sites for hydroxylation is 3. The highest BCUT2D eigenvalue weighted by Gasteiger charge is 2.30. The molecule has 0 spiro atoms. The second kappa shape index (κ2) is 8.99. The van der Waals surface area contributed by atoms with Gasteiger partial charge in [0, 0.05) is 23.5 Å². The quantitative estimate of drug-likeness (QED) is 0.347. The van der Waals surface area contributed by atoms with Crippen LogP contribution in [0.3, 0.4) is 0 Å². The summed E-state index contributed by atoms with van der Waals surface area (Å²) in [5, 5.41) is 1.31. The summed E-state index contributed by atoms with van der Waals surface area (Å²) in [6.07, 6.45) is 6.62. The van der Waals surface area contributed by atoms with Gasteiger partial charge >= 0.3 is 5.97 Å². The van der Waals surface area contributed by atoms with Gasteiger partial charge in [0.15, 0.2) is 0 Å². The van der Waals surface area contributed by atoms with Crippen molar-refractivity contribution in [1.29, 1.82) is 0 Å². The second-order valence-electron chi connectivity index (χ2n) is 8.76. The van der Waals surface area contributed by atoms with Gasteiger partial charge in [-0.3, -0.25) is 4.79 Å². The first-order chi connectivity index (χ1) is 15.5. The lowest BCUT2D eigenvalue weighted by atomic mass is 9.88. The fourth-order valence-corrected chi connectivity index (χ4v) is 6.41. The van der Waals surface area contributed by atoms with Crippen molar-refractivity contribution < 1.29 is 9.53 Å². The zero-order valence-corrected chi connectivity index (χ0v) is 20.2. The molecule has 0 amide bonds. The lowest BCUT2D eigenvalue weighted by Crippen LogP contribution is -2.40. The summed E-state index contributed by atoms with van der Waals surface area (Å²) in [6, 6.07) is 6.90. The minimum absolute atomic E-state index is 0.120. The summed E-state index contributed by atoms with van der Waals surface area (Å²) < 4.78 is 5.30. The number of carbonyl (C=O) groups excluding carboxylic acids is 1. The molecular weight excluding hydrogens is 442 g/mol. The number of benzene rings is 1. The van der Waals surface area contributed by atoms with Crippen molar-refractivity contribution in [1.82, 2.24) is 9.97 Å². The maximum atomic E-state index is 12.4. The predicted octanol–water partition coefficient (Wildman–Crippen LogP) is 5.98. The third-order valence-electron chi connectivity index (χ3n) is 6.66. The summed E-state index contributed by atoms with van der Waals surface area (Å²) in [4.78, 5) is 26.0. The first kappa shape index (κ1) is 21.7. The summed E-state index contributed by atoms with van der Waals surface area (Å²) >= 11 is 8.03. The minimum Gasteiger partial charge on any atom is -0.466 e. The van der Waals surface area contributed by atoms with Crippen LogP contribution in [-0.2, 0) is 22.4 Å². The van der Waals surface area contributed by atoms with Gasteiger partial charge in [0.25, 0.3) is 0 Å². The third kappa shape index (κ3) is 3.99. The molecule has 1 aromatic carbocycles. The molecule has 0 saturated carbocycles. The topological polar surface area (TPSA) is 55.3 Å². The van der Waals surface area contributed by atoms with E-state index in [0.29, 0.717) is 13.2 Å². The molecular formula is C25H28ClN3O2S. The van der Waals surface area contributed by atoms with E-state index in [2.05, 4.69) is 40.0 Å². The fourth-order valence-electron chi connectivity index (χ4n) is 5.16. The van der Waals surface area contributed by atoms with Gasteiger partial charge in [0.05, 0.1) is 17.9 Å². The number of ether oxygens (including phenoxy) is 1. The number of rotatable bonds is 4. The summed E-state index contributed by atoms with van der Waals surface area (Å²) in [6.45, 7) is 5.85. The molecule has 5 nitrogen and oxygen atoms in total. The Morgan fingerprint density at radius 1 is 1.22 bits per heavy atom. The number of thiophene rings is 1. The van der Waals surface area contributed by atoms with Crippen LogP contribution < -0.4 is 4.90 Å². The van der Waals surface area contributed by atoms with E-state index in [4.69, 9.17) is 16.3 Å². The van der Waals surface area contributed by atoms with Gasteiger partial charge in [-0.25, -0.2) is 4.98 Å². The van der Waals surface area contributed by atoms with Crippen molar-refractivity contribution in [3.8, 4) is 11.1 Å². The van der Waals surface area contributed by atoms with Gasteiger partial charge in [-0.15, -0.1) is 11.3 Å². The maximum Gasteiger partial charge on any atom is 0.310 e. The van der Waals surface area contributed by atoms with Crippen molar-refractivity contribution in [2.45, 2.75) is 52.4 Å². The lowest BCUT2D eigenvalue weighted by Gasteiger charge is -2.33. The van der Waals surface area contributed by atoms with Crippen LogP contribution in [0.1, 0.15) is 48.6 Å². The van der Waals surface area contributed by atoms with Crippen LogP contribution in [0.2, 0.25) is 5.28 Å². The number of esters is 1. The van der Waals surface area contributed by atoms with E-state index in [-0.39, 0.29) is 17.2 Å². The van der Waals surface area contributed by atoms with Crippen molar-refractivity contribution in [3.05, 3.63) is 39.5 Å². The summed E-state index contributed by atoms with van der Waals surface area (Å²) in [5.41, 5.74) is 5.36. The summed E-state index contributed by atoms with van der Waals surface area (Å²) in [7, 11) is 0. The number of aromatic nitrogens is 2. The van der Waals surface area contributed by atoms with E-state index in [9.17, 15) is 4.79 Å². The number of fused-ring (bicyclic) bond motifs is 2. The van der Waals surface area contributed by atoms with Crippen LogP contribution in [0.25, 0.3) is 21.3 Å². The Bertz CT molecular complexity index is 1180. The van der Waals surface area contributed by atoms with Crippen molar-refractivity contribution in [2.75, 3.05) is 24.6 Å². The third-order valence-corrected chi connectivity index (χ3v) is 7.83. The molecule has 0 N–H and O–H groups in total. The highest BCUT2D eigenvalue weighted by atomic mass is 35.5. The smallest absolute Gasteiger partial charge is 0.310 e. The number of hydrogen-bond donors (Lipinski definition) is 0. The Balaban J connectivity index is 1.60. The van der Waals surface area contributed by atoms with Gasteiger partial charge in [-0.05, 0) is 80.7 Å². The molecule has 1 fully saturated rings. The molecule has 32 heavy (non-hydrogen) atoms. The Kier molecular flexibility index (Phi) is 6.08. The van der Waals surface area contributed by atoms with Crippen LogP contribution in [-0.4, -0.2) is 35.6 Å². The number of anilines is 1. The largest absolute Gasteiger partial charge is 0.466 e. The van der Waals surface area contributed by atoms with Crippen molar-refractivity contribution in [3.63, 3.8) is 0 Å². The molecule has 3 heterocycles. The molecule has 1 aliphatic carbocycles. The average molecular weight is 470 g/mol. The number of hydrogen-bond acceptors (Lipinski definition) is 6. The number of nitrogens with zero attached hydrogens (tertiary/aromatic N) is 3. The second-order valence-corrected chi connectivity index (χ2v) is 10.3. The van der Waals surface area contributed by atoms with Crippen LogP contribution in [0, 0.1) is 12.8 Å². The first-order valence-corrected chi connectivity index (χ1v) is 12.7. The van der Waals surface area contributed by atoms with Gasteiger partial charge < -0.3 is 9.64 Å². The van der Waals surface area contributed by atoms with Gasteiger partial charge in [-0.1, -0.05) is 18.2 Å². The molecule has 0 bridgehead atoms. The van der Waals surface area contributed by atoms with E-state index >= 15 is 0 Å². The zero-order valence-electron chi connectivity index (χ0n) is 18.6. The number of carbonyl (C=O) groups is 1. The summed E-state index contributed by atoms with van der Waals surface area (Å²) in [5.74, 6) is 0.579. The average Bonchev–Trinajstić information content (AvgIpc) is 3.13. The number of halogens is 1. The Morgan fingerprint density at radius 3 is 2.84 bits per heavy atom. The highest BCUT2D eigenvalue weighted by Crippen LogP contribution is 2.43. The van der Waals surface area contributed by atoms with Crippen LogP contribution in [0.15, 0.2) is 18.2 Å². The molecule has 0 radical (unpaired) electrons. The van der Waals surface area contributed by atoms with Gasteiger partial charge in [-0.2, -0.15) is 4.98 Å². The molecule has 2 aromatic heterocycles. The van der Waals surface area contributed by atoms with E-state index in [1.807, 2.05) is 6.92 Å². The van der Waals surface area contributed by atoms with Crippen LogP contribution >= 0.6 is 22.9 Å². The predicted molar refractivity (Wildman–Crippen MR) is 131 cm³/mol. The van der Waals surface area contributed by atoms with E-state index < -0.39 is 0 Å². The molecule has 2 aliphatic rings. The van der Waals surface area contributed by atoms with Gasteiger partial charge in [0.2, 0.25) is 5.28 Å². The Morgan fingerprint density at radius 2 is 2.03 bits per heavy atom. The standard InChI is InChI=1S/C25H28ClN3O2S/c1-3-31-24(30)19-9-6-12-29(14-19)22-21-20(15(2)32-23(21)28-25(26)27-22)18-11-10-16-7-4-5-8-17(16)13-18/h10-11,13,19H,3-9,12,14H2,1-2H3. The molecule has 3 aromatic rings. The normalized spacial score (nSPS) is 18.6. The maximum absolute atomic E-state index is 12.4. The SMILES string of the molecule is CCOC(=O)C1CCCN(c2nc(Cl)nc3sc(C)c(-c4ccc5c(c4)CCCC5)c23)C1. The van der Waals surface area contributed by atoms with Crippen LogP contribution in [0.4, 0.5) is 5.82 Å². The minimum atomic E-state index is -0.139. The van der Waals surface area contributed by atoms with Crippen molar-refractivity contribution >= 4 is 44.9 Å². The van der Waals surface area contributed by atoms with Crippen LogP contribution in [0.5, 0.6) is 0 Å².